The zero-order chi connectivity index (χ0) is 16.9. The summed E-state index contributed by atoms with van der Waals surface area (Å²) in [5.41, 5.74) is 1.03. The number of likely N-dealkylation sites (tertiary alicyclic amines) is 1. The SMILES string of the molecule is CC1CCN(C(=O)OCc2ccccc2)C(C2COCCC2C)C1. The van der Waals surface area contributed by atoms with Crippen LogP contribution in [0.2, 0.25) is 0 Å². The van der Waals surface area contributed by atoms with E-state index in [2.05, 4.69) is 13.8 Å². The molecule has 0 saturated carbocycles. The fraction of sp³-hybridized carbons (Fsp3) is 0.650. The lowest BCUT2D eigenvalue weighted by molar-refractivity contribution is -0.0371. The van der Waals surface area contributed by atoms with Crippen molar-refractivity contribution in [1.29, 1.82) is 0 Å². The number of nitrogens with zero attached hydrogens (tertiary/aromatic N) is 1. The predicted molar refractivity (Wildman–Crippen MR) is 93.6 cm³/mol. The Balaban J connectivity index is 1.65. The van der Waals surface area contributed by atoms with E-state index in [-0.39, 0.29) is 12.1 Å². The van der Waals surface area contributed by atoms with Crippen molar-refractivity contribution in [2.24, 2.45) is 17.8 Å². The summed E-state index contributed by atoms with van der Waals surface area (Å²) in [6, 6.07) is 10.1. The van der Waals surface area contributed by atoms with Crippen molar-refractivity contribution in [2.75, 3.05) is 19.8 Å². The second-order valence-corrected chi connectivity index (χ2v) is 7.44. The van der Waals surface area contributed by atoms with Crippen LogP contribution in [0.4, 0.5) is 4.79 Å². The second kappa shape index (κ2) is 8.02. The second-order valence-electron chi connectivity index (χ2n) is 7.44. The van der Waals surface area contributed by atoms with Gasteiger partial charge in [0.25, 0.3) is 0 Å². The fourth-order valence-electron chi connectivity index (χ4n) is 3.97. The van der Waals surface area contributed by atoms with Gasteiger partial charge in [0.2, 0.25) is 0 Å². The molecule has 0 radical (unpaired) electrons. The van der Waals surface area contributed by atoms with Gasteiger partial charge in [-0.2, -0.15) is 0 Å². The van der Waals surface area contributed by atoms with Gasteiger partial charge in [0.15, 0.2) is 0 Å². The molecule has 1 aromatic carbocycles. The van der Waals surface area contributed by atoms with Crippen LogP contribution in [0.1, 0.15) is 38.7 Å². The Morgan fingerprint density at radius 1 is 1.25 bits per heavy atom. The fourth-order valence-corrected chi connectivity index (χ4v) is 3.97. The van der Waals surface area contributed by atoms with Gasteiger partial charge < -0.3 is 14.4 Å². The number of hydrogen-bond donors (Lipinski definition) is 0. The Morgan fingerprint density at radius 2 is 2.04 bits per heavy atom. The zero-order valence-corrected chi connectivity index (χ0v) is 14.8. The van der Waals surface area contributed by atoms with Gasteiger partial charge in [-0.25, -0.2) is 4.79 Å². The van der Waals surface area contributed by atoms with Gasteiger partial charge >= 0.3 is 6.09 Å². The minimum absolute atomic E-state index is 0.173. The van der Waals surface area contributed by atoms with Crippen LogP contribution in [-0.2, 0) is 16.1 Å². The third-order valence-corrected chi connectivity index (χ3v) is 5.60. The van der Waals surface area contributed by atoms with Gasteiger partial charge in [0.1, 0.15) is 6.61 Å². The summed E-state index contributed by atoms with van der Waals surface area (Å²) in [4.78, 5) is 14.7. The molecule has 2 aliphatic heterocycles. The van der Waals surface area contributed by atoms with E-state index >= 15 is 0 Å². The molecule has 2 aliphatic rings. The number of benzene rings is 1. The molecule has 4 nitrogen and oxygen atoms in total. The largest absolute Gasteiger partial charge is 0.445 e. The third kappa shape index (κ3) is 4.10. The quantitative estimate of drug-likeness (QED) is 0.837. The van der Waals surface area contributed by atoms with Crippen LogP contribution >= 0.6 is 0 Å². The molecule has 4 heteroatoms. The average Bonchev–Trinajstić information content (AvgIpc) is 2.61. The number of ether oxygens (including phenoxy) is 2. The molecule has 132 valence electrons. The van der Waals surface area contributed by atoms with E-state index < -0.39 is 0 Å². The maximum absolute atomic E-state index is 12.7. The van der Waals surface area contributed by atoms with Crippen LogP contribution in [0.3, 0.4) is 0 Å². The van der Waals surface area contributed by atoms with Crippen LogP contribution in [0.15, 0.2) is 30.3 Å². The van der Waals surface area contributed by atoms with Crippen molar-refractivity contribution >= 4 is 6.09 Å². The van der Waals surface area contributed by atoms with E-state index in [4.69, 9.17) is 9.47 Å². The highest BCUT2D eigenvalue weighted by molar-refractivity contribution is 5.68. The summed E-state index contributed by atoms with van der Waals surface area (Å²) in [5.74, 6) is 1.67. The van der Waals surface area contributed by atoms with Crippen molar-refractivity contribution in [3.63, 3.8) is 0 Å². The van der Waals surface area contributed by atoms with E-state index in [9.17, 15) is 4.79 Å². The zero-order valence-electron chi connectivity index (χ0n) is 14.8. The van der Waals surface area contributed by atoms with Crippen molar-refractivity contribution in [1.82, 2.24) is 4.90 Å². The van der Waals surface area contributed by atoms with E-state index in [0.29, 0.717) is 24.4 Å². The predicted octanol–water partition coefficient (Wildman–Crippen LogP) is 4.10. The first kappa shape index (κ1) is 17.3. The van der Waals surface area contributed by atoms with Gasteiger partial charge in [-0.3, -0.25) is 0 Å². The molecule has 2 heterocycles. The minimum atomic E-state index is -0.173. The Bertz CT molecular complexity index is 533. The lowest BCUT2D eigenvalue weighted by Crippen LogP contribution is -2.52. The van der Waals surface area contributed by atoms with Crippen LogP contribution in [-0.4, -0.2) is 36.8 Å². The van der Waals surface area contributed by atoms with Crippen LogP contribution in [0.5, 0.6) is 0 Å². The lowest BCUT2D eigenvalue weighted by Gasteiger charge is -2.45. The van der Waals surface area contributed by atoms with Crippen molar-refractivity contribution in [3.05, 3.63) is 35.9 Å². The monoisotopic (exact) mass is 331 g/mol. The highest BCUT2D eigenvalue weighted by Gasteiger charge is 2.39. The van der Waals surface area contributed by atoms with E-state index in [1.807, 2.05) is 35.2 Å². The van der Waals surface area contributed by atoms with Gasteiger partial charge in [-0.1, -0.05) is 44.2 Å². The molecule has 24 heavy (non-hydrogen) atoms. The van der Waals surface area contributed by atoms with Crippen LogP contribution in [0.25, 0.3) is 0 Å². The maximum Gasteiger partial charge on any atom is 0.410 e. The smallest absolute Gasteiger partial charge is 0.410 e. The molecule has 0 bridgehead atoms. The van der Waals surface area contributed by atoms with Gasteiger partial charge in [-0.05, 0) is 36.7 Å². The topological polar surface area (TPSA) is 38.8 Å². The van der Waals surface area contributed by atoms with Gasteiger partial charge in [-0.15, -0.1) is 0 Å². The summed E-state index contributed by atoms with van der Waals surface area (Å²) < 4.78 is 11.3. The Labute approximate surface area is 145 Å². The highest BCUT2D eigenvalue weighted by Crippen LogP contribution is 2.34. The molecule has 1 aromatic rings. The lowest BCUT2D eigenvalue weighted by atomic mass is 9.77. The molecule has 1 amide bonds. The number of carbonyl (C=O) groups is 1. The van der Waals surface area contributed by atoms with Crippen molar-refractivity contribution in [3.8, 4) is 0 Å². The standard InChI is InChI=1S/C20H29NO3/c1-15-8-10-21(19(12-15)18-14-23-11-9-16(18)2)20(22)24-13-17-6-4-3-5-7-17/h3-7,15-16,18-19H,8-14H2,1-2H3. The van der Waals surface area contributed by atoms with Crippen molar-refractivity contribution < 1.29 is 14.3 Å². The van der Waals surface area contributed by atoms with E-state index in [1.54, 1.807) is 0 Å². The molecule has 0 aromatic heterocycles. The highest BCUT2D eigenvalue weighted by atomic mass is 16.6. The number of rotatable bonds is 3. The number of hydrogen-bond acceptors (Lipinski definition) is 3. The molecule has 2 fully saturated rings. The number of piperidine rings is 1. The first-order valence-corrected chi connectivity index (χ1v) is 9.20. The first-order chi connectivity index (χ1) is 11.6. The number of amides is 1. The first-order valence-electron chi connectivity index (χ1n) is 9.20. The molecule has 3 rings (SSSR count). The van der Waals surface area contributed by atoms with Crippen molar-refractivity contribution in [2.45, 2.75) is 45.8 Å². The summed E-state index contributed by atoms with van der Waals surface area (Å²) in [6.07, 6.45) is 3.02. The molecule has 0 N–H and O–H groups in total. The van der Waals surface area contributed by atoms with Crippen LogP contribution in [0, 0.1) is 17.8 Å². The van der Waals surface area contributed by atoms with E-state index in [0.717, 1.165) is 44.6 Å². The Morgan fingerprint density at radius 3 is 2.79 bits per heavy atom. The summed E-state index contributed by atoms with van der Waals surface area (Å²) in [7, 11) is 0. The summed E-state index contributed by atoms with van der Waals surface area (Å²) in [6.45, 7) is 7.32. The maximum atomic E-state index is 12.7. The van der Waals surface area contributed by atoms with Gasteiger partial charge in [0, 0.05) is 25.1 Å². The molecule has 0 aliphatic carbocycles. The molecule has 4 atom stereocenters. The molecular formula is C20H29NO3. The Kier molecular flexibility index (Phi) is 5.77. The summed E-state index contributed by atoms with van der Waals surface area (Å²) >= 11 is 0. The molecule has 4 unspecified atom stereocenters. The Hall–Kier alpha value is -1.55. The minimum Gasteiger partial charge on any atom is -0.445 e. The van der Waals surface area contributed by atoms with Crippen LogP contribution < -0.4 is 0 Å². The average molecular weight is 331 g/mol. The third-order valence-electron chi connectivity index (χ3n) is 5.60. The summed E-state index contributed by atoms with van der Waals surface area (Å²) in [5, 5.41) is 0. The normalized spacial score (nSPS) is 30.8. The number of carbonyl (C=O) groups excluding carboxylic acids is 1. The van der Waals surface area contributed by atoms with E-state index in [1.165, 1.54) is 0 Å². The molecule has 0 spiro atoms. The molecular weight excluding hydrogens is 302 g/mol. The van der Waals surface area contributed by atoms with Gasteiger partial charge in [0.05, 0.1) is 6.61 Å². The molecule has 2 saturated heterocycles.